The summed E-state index contributed by atoms with van der Waals surface area (Å²) in [4.78, 5) is 0. The average molecular weight is 152 g/mol. The molecule has 0 amide bonds. The molecular formula is C10H16O. The van der Waals surface area contributed by atoms with Crippen LogP contribution >= 0.6 is 0 Å². The fraction of sp³-hybridized carbons (Fsp3) is 0.800. The van der Waals surface area contributed by atoms with Crippen LogP contribution in [0.1, 0.15) is 32.6 Å². The highest BCUT2D eigenvalue weighted by Crippen LogP contribution is 2.29. The molecule has 1 atom stereocenters. The van der Waals surface area contributed by atoms with Crippen LogP contribution < -0.4 is 0 Å². The molecule has 0 spiro atoms. The standard InChI is InChI=1S/C10H16O/c1-3-10(11)9-6-4-8(2)5-7-9/h1,8-11H,4-7H2,2H3. The predicted octanol–water partition coefficient (Wildman–Crippen LogP) is 1.81. The van der Waals surface area contributed by atoms with Crippen LogP contribution in [-0.2, 0) is 0 Å². The summed E-state index contributed by atoms with van der Waals surface area (Å²) >= 11 is 0. The van der Waals surface area contributed by atoms with E-state index >= 15 is 0 Å². The van der Waals surface area contributed by atoms with Gasteiger partial charge in [-0.2, -0.15) is 0 Å². The van der Waals surface area contributed by atoms with Gasteiger partial charge in [-0.3, -0.25) is 0 Å². The lowest BCUT2D eigenvalue weighted by Crippen LogP contribution is -2.23. The minimum absolute atomic E-state index is 0.371. The normalized spacial score (nSPS) is 34.3. The third-order valence-corrected chi connectivity index (χ3v) is 2.68. The van der Waals surface area contributed by atoms with Crippen LogP contribution in [-0.4, -0.2) is 11.2 Å². The number of hydrogen-bond donors (Lipinski definition) is 1. The van der Waals surface area contributed by atoms with Crippen molar-refractivity contribution in [2.24, 2.45) is 11.8 Å². The Kier molecular flexibility index (Phi) is 2.96. The lowest BCUT2D eigenvalue weighted by atomic mass is 9.80. The molecule has 1 N–H and O–H groups in total. The van der Waals surface area contributed by atoms with E-state index in [1.165, 1.54) is 12.8 Å². The van der Waals surface area contributed by atoms with Crippen LogP contribution in [0.5, 0.6) is 0 Å². The highest BCUT2D eigenvalue weighted by molar-refractivity contribution is 4.97. The van der Waals surface area contributed by atoms with E-state index in [1.807, 2.05) is 0 Å². The molecule has 0 saturated heterocycles. The van der Waals surface area contributed by atoms with Crippen molar-refractivity contribution in [1.82, 2.24) is 0 Å². The zero-order valence-electron chi connectivity index (χ0n) is 7.09. The molecule has 0 aromatic carbocycles. The molecule has 1 rings (SSSR count). The zero-order chi connectivity index (χ0) is 8.27. The largest absolute Gasteiger partial charge is 0.380 e. The SMILES string of the molecule is C#CC(O)C1CCC(C)CC1. The second-order valence-corrected chi connectivity index (χ2v) is 3.63. The van der Waals surface area contributed by atoms with Crippen LogP contribution in [0.3, 0.4) is 0 Å². The first-order valence-corrected chi connectivity index (χ1v) is 4.38. The van der Waals surface area contributed by atoms with Crippen LogP contribution in [0, 0.1) is 24.2 Å². The minimum Gasteiger partial charge on any atom is -0.380 e. The molecular weight excluding hydrogens is 136 g/mol. The quantitative estimate of drug-likeness (QED) is 0.568. The summed E-state index contributed by atoms with van der Waals surface area (Å²) in [6.45, 7) is 2.26. The van der Waals surface area contributed by atoms with E-state index in [0.29, 0.717) is 5.92 Å². The Morgan fingerprint density at radius 2 is 1.91 bits per heavy atom. The van der Waals surface area contributed by atoms with E-state index in [4.69, 9.17) is 6.42 Å². The van der Waals surface area contributed by atoms with E-state index in [9.17, 15) is 5.11 Å². The topological polar surface area (TPSA) is 20.2 Å². The van der Waals surface area contributed by atoms with Crippen LogP contribution in [0.25, 0.3) is 0 Å². The summed E-state index contributed by atoms with van der Waals surface area (Å²) < 4.78 is 0. The molecule has 1 nitrogen and oxygen atoms in total. The van der Waals surface area contributed by atoms with E-state index < -0.39 is 6.10 Å². The van der Waals surface area contributed by atoms with Gasteiger partial charge in [0.1, 0.15) is 6.10 Å². The Balaban J connectivity index is 2.34. The number of aliphatic hydroxyl groups is 1. The Morgan fingerprint density at radius 3 is 2.36 bits per heavy atom. The Hall–Kier alpha value is -0.480. The van der Waals surface area contributed by atoms with E-state index in [-0.39, 0.29) is 0 Å². The van der Waals surface area contributed by atoms with Crippen LogP contribution in [0.2, 0.25) is 0 Å². The zero-order valence-corrected chi connectivity index (χ0v) is 7.09. The summed E-state index contributed by atoms with van der Waals surface area (Å²) in [6, 6.07) is 0. The predicted molar refractivity (Wildman–Crippen MR) is 46.0 cm³/mol. The van der Waals surface area contributed by atoms with Gasteiger partial charge in [-0.05, 0) is 24.7 Å². The summed E-state index contributed by atoms with van der Waals surface area (Å²) in [5, 5.41) is 9.33. The lowest BCUT2D eigenvalue weighted by Gasteiger charge is -2.27. The molecule has 0 heterocycles. The molecule has 0 aromatic heterocycles. The fourth-order valence-electron chi connectivity index (χ4n) is 1.74. The highest BCUT2D eigenvalue weighted by Gasteiger charge is 2.22. The second kappa shape index (κ2) is 3.78. The first-order chi connectivity index (χ1) is 5.24. The van der Waals surface area contributed by atoms with Crippen molar-refractivity contribution in [3.8, 4) is 12.3 Å². The third kappa shape index (κ3) is 2.24. The van der Waals surface area contributed by atoms with Gasteiger partial charge in [-0.15, -0.1) is 6.42 Å². The number of hydrogen-bond acceptors (Lipinski definition) is 1. The van der Waals surface area contributed by atoms with Gasteiger partial charge < -0.3 is 5.11 Å². The maximum atomic E-state index is 9.33. The molecule has 1 aliphatic rings. The van der Waals surface area contributed by atoms with Crippen molar-refractivity contribution >= 4 is 0 Å². The molecule has 1 fully saturated rings. The maximum absolute atomic E-state index is 9.33. The van der Waals surface area contributed by atoms with Crippen LogP contribution in [0.15, 0.2) is 0 Å². The van der Waals surface area contributed by atoms with Crippen molar-refractivity contribution in [2.45, 2.75) is 38.7 Å². The van der Waals surface area contributed by atoms with Crippen molar-refractivity contribution in [3.63, 3.8) is 0 Å². The van der Waals surface area contributed by atoms with Gasteiger partial charge in [0.25, 0.3) is 0 Å². The van der Waals surface area contributed by atoms with Crippen LogP contribution in [0.4, 0.5) is 0 Å². The molecule has 62 valence electrons. The Morgan fingerprint density at radius 1 is 1.36 bits per heavy atom. The molecule has 1 aliphatic carbocycles. The van der Waals surface area contributed by atoms with Gasteiger partial charge in [0.15, 0.2) is 0 Å². The Labute approximate surface area is 68.8 Å². The first-order valence-electron chi connectivity index (χ1n) is 4.38. The summed E-state index contributed by atoms with van der Waals surface area (Å²) in [5.74, 6) is 3.61. The summed E-state index contributed by atoms with van der Waals surface area (Å²) in [7, 11) is 0. The van der Waals surface area contributed by atoms with E-state index in [2.05, 4.69) is 12.8 Å². The van der Waals surface area contributed by atoms with Gasteiger partial charge in [0.05, 0.1) is 0 Å². The van der Waals surface area contributed by atoms with Crippen molar-refractivity contribution in [1.29, 1.82) is 0 Å². The monoisotopic (exact) mass is 152 g/mol. The Bertz CT molecular complexity index is 149. The maximum Gasteiger partial charge on any atom is 0.117 e. The third-order valence-electron chi connectivity index (χ3n) is 2.68. The van der Waals surface area contributed by atoms with Gasteiger partial charge in [0.2, 0.25) is 0 Å². The van der Waals surface area contributed by atoms with Crippen molar-refractivity contribution < 1.29 is 5.11 Å². The molecule has 1 saturated carbocycles. The fourth-order valence-corrected chi connectivity index (χ4v) is 1.74. The average Bonchev–Trinajstić information content (AvgIpc) is 2.05. The minimum atomic E-state index is -0.498. The number of rotatable bonds is 1. The van der Waals surface area contributed by atoms with E-state index in [0.717, 1.165) is 18.8 Å². The van der Waals surface area contributed by atoms with Crippen molar-refractivity contribution in [3.05, 3.63) is 0 Å². The van der Waals surface area contributed by atoms with Gasteiger partial charge in [0, 0.05) is 0 Å². The van der Waals surface area contributed by atoms with Gasteiger partial charge >= 0.3 is 0 Å². The molecule has 0 bridgehead atoms. The van der Waals surface area contributed by atoms with Gasteiger partial charge in [-0.25, -0.2) is 0 Å². The molecule has 0 radical (unpaired) electrons. The summed E-state index contributed by atoms with van der Waals surface area (Å²) in [6.07, 6.45) is 9.30. The molecule has 0 aliphatic heterocycles. The van der Waals surface area contributed by atoms with Crippen molar-refractivity contribution in [2.75, 3.05) is 0 Å². The van der Waals surface area contributed by atoms with Gasteiger partial charge in [-0.1, -0.05) is 25.7 Å². The number of aliphatic hydroxyl groups excluding tert-OH is 1. The smallest absolute Gasteiger partial charge is 0.117 e. The molecule has 1 unspecified atom stereocenters. The molecule has 1 heteroatoms. The summed E-state index contributed by atoms with van der Waals surface area (Å²) in [5.41, 5.74) is 0. The second-order valence-electron chi connectivity index (χ2n) is 3.63. The molecule has 0 aromatic rings. The lowest BCUT2D eigenvalue weighted by molar-refractivity contribution is 0.120. The number of terminal acetylenes is 1. The molecule has 11 heavy (non-hydrogen) atoms. The van der Waals surface area contributed by atoms with E-state index in [1.54, 1.807) is 0 Å². The first kappa shape index (κ1) is 8.62. The highest BCUT2D eigenvalue weighted by atomic mass is 16.3.